The van der Waals surface area contributed by atoms with Gasteiger partial charge in [-0.1, -0.05) is 50.2 Å². The van der Waals surface area contributed by atoms with E-state index in [4.69, 9.17) is 0 Å². The minimum atomic E-state index is -3.62. The molecule has 0 N–H and O–H groups in total. The molecule has 1 aliphatic carbocycles. The minimum absolute atomic E-state index is 0.290. The van der Waals surface area contributed by atoms with Crippen molar-refractivity contribution in [3.05, 3.63) is 83.9 Å². The van der Waals surface area contributed by atoms with Crippen LogP contribution in [-0.4, -0.2) is 16.8 Å². The number of hydrogen-bond donors (Lipinski definition) is 0. The topological polar surface area (TPSA) is 68.3 Å². The molecule has 4 nitrogen and oxygen atoms in total. The van der Waals surface area contributed by atoms with Crippen LogP contribution in [0.2, 0.25) is 0 Å². The fourth-order valence-electron chi connectivity index (χ4n) is 5.73. The first-order valence-electron chi connectivity index (χ1n) is 10.7. The molecular weight excluding hydrogens is 452 g/mol. The first kappa shape index (κ1) is 19.3. The van der Waals surface area contributed by atoms with E-state index in [1.165, 1.54) is 0 Å². The van der Waals surface area contributed by atoms with Crippen molar-refractivity contribution in [2.75, 3.05) is 0 Å². The fraction of sp³-hybridized carbons (Fsp3) is 0.111. The van der Waals surface area contributed by atoms with Crippen molar-refractivity contribution >= 4 is 19.7 Å². The van der Waals surface area contributed by atoms with Crippen LogP contribution in [0.15, 0.2) is 92.4 Å². The van der Waals surface area contributed by atoms with E-state index in [0.29, 0.717) is 9.79 Å². The quantitative estimate of drug-likeness (QED) is 0.289. The third-order valence-corrected chi connectivity index (χ3v) is 11.1. The van der Waals surface area contributed by atoms with Crippen molar-refractivity contribution in [3.8, 4) is 33.4 Å². The van der Waals surface area contributed by atoms with Crippen LogP contribution in [0.5, 0.6) is 0 Å². The van der Waals surface area contributed by atoms with Crippen molar-refractivity contribution in [3.63, 3.8) is 0 Å². The van der Waals surface area contributed by atoms with Gasteiger partial charge in [0.1, 0.15) is 0 Å². The van der Waals surface area contributed by atoms with Gasteiger partial charge < -0.3 is 0 Å². The molecule has 0 atom stereocenters. The maximum Gasteiger partial charge on any atom is 0.207 e. The van der Waals surface area contributed by atoms with Gasteiger partial charge in [-0.25, -0.2) is 16.8 Å². The summed E-state index contributed by atoms with van der Waals surface area (Å²) in [5, 5.41) is 0. The summed E-state index contributed by atoms with van der Waals surface area (Å²) in [4.78, 5) is 1.23. The Morgan fingerprint density at radius 2 is 0.879 bits per heavy atom. The normalized spacial score (nSPS) is 18.6. The standard InChI is InChI=1S/C27H18O4S2/c1-27(2)21-11-19-15-7-3-5-9-23(15)32(28,29)25(19)13-17(21)18-14-26-20(12-22(18)27)16-8-4-6-10-24(16)33(26,30)31/h3-14H,1-2H3. The largest absolute Gasteiger partial charge is 0.218 e. The minimum Gasteiger partial charge on any atom is -0.218 e. The molecule has 0 spiro atoms. The fourth-order valence-corrected chi connectivity index (χ4v) is 9.12. The SMILES string of the molecule is CC1(C)c2cc3c(cc2-c2cc4c(cc21)-c1ccccc1S4(=O)=O)S(=O)(=O)c1ccccc1-3. The number of sulfone groups is 2. The van der Waals surface area contributed by atoms with Crippen LogP contribution in [0.3, 0.4) is 0 Å². The molecule has 0 saturated heterocycles. The van der Waals surface area contributed by atoms with Crippen molar-refractivity contribution in [2.45, 2.75) is 38.8 Å². The monoisotopic (exact) mass is 470 g/mol. The highest BCUT2D eigenvalue weighted by atomic mass is 32.2. The summed E-state index contributed by atoms with van der Waals surface area (Å²) in [6.45, 7) is 4.22. The summed E-state index contributed by atoms with van der Waals surface area (Å²) in [6, 6.07) is 21.6. The van der Waals surface area contributed by atoms with E-state index < -0.39 is 25.1 Å². The van der Waals surface area contributed by atoms with Gasteiger partial charge in [0.25, 0.3) is 0 Å². The summed E-state index contributed by atoms with van der Waals surface area (Å²) in [6.07, 6.45) is 0. The van der Waals surface area contributed by atoms with Crippen LogP contribution < -0.4 is 0 Å². The predicted molar refractivity (Wildman–Crippen MR) is 126 cm³/mol. The van der Waals surface area contributed by atoms with Crippen molar-refractivity contribution in [1.82, 2.24) is 0 Å². The highest BCUT2D eigenvalue weighted by Crippen LogP contribution is 2.56. The average Bonchev–Trinajstić information content (AvgIpc) is 3.27. The molecule has 0 unspecified atom stereocenters. The maximum atomic E-state index is 13.3. The van der Waals surface area contributed by atoms with Crippen LogP contribution in [0, 0.1) is 0 Å². The highest BCUT2D eigenvalue weighted by molar-refractivity contribution is 7.92. The zero-order chi connectivity index (χ0) is 22.9. The Bertz CT molecular complexity index is 1680. The second kappa shape index (κ2) is 5.64. The van der Waals surface area contributed by atoms with E-state index in [0.717, 1.165) is 44.5 Å². The molecule has 0 radical (unpaired) electrons. The van der Waals surface area contributed by atoms with Crippen LogP contribution >= 0.6 is 0 Å². The lowest BCUT2D eigenvalue weighted by Gasteiger charge is -2.22. The molecule has 162 valence electrons. The van der Waals surface area contributed by atoms with Gasteiger partial charge in [-0.3, -0.25) is 0 Å². The molecule has 4 aromatic carbocycles. The van der Waals surface area contributed by atoms with E-state index in [-0.39, 0.29) is 9.79 Å². The molecule has 2 aliphatic heterocycles. The lowest BCUT2D eigenvalue weighted by atomic mass is 9.81. The summed E-state index contributed by atoms with van der Waals surface area (Å²) < 4.78 is 53.2. The Hall–Kier alpha value is -3.22. The molecule has 4 aromatic rings. The first-order valence-corrected chi connectivity index (χ1v) is 13.7. The number of hydrogen-bond acceptors (Lipinski definition) is 4. The third-order valence-electron chi connectivity index (χ3n) is 7.39. The van der Waals surface area contributed by atoms with E-state index in [9.17, 15) is 16.8 Å². The summed E-state index contributed by atoms with van der Waals surface area (Å²) >= 11 is 0. The molecule has 33 heavy (non-hydrogen) atoms. The lowest BCUT2D eigenvalue weighted by Crippen LogP contribution is -2.15. The lowest BCUT2D eigenvalue weighted by molar-refractivity contribution is 0.597. The van der Waals surface area contributed by atoms with Crippen LogP contribution in [0.1, 0.15) is 25.0 Å². The van der Waals surface area contributed by atoms with E-state index in [1.807, 2.05) is 36.4 Å². The van der Waals surface area contributed by atoms with Gasteiger partial charge >= 0.3 is 0 Å². The highest BCUT2D eigenvalue weighted by Gasteiger charge is 2.43. The third kappa shape index (κ3) is 2.12. The Morgan fingerprint density at radius 1 is 0.485 bits per heavy atom. The number of benzene rings is 4. The molecule has 0 bridgehead atoms. The van der Waals surface area contributed by atoms with Crippen molar-refractivity contribution in [2.24, 2.45) is 0 Å². The van der Waals surface area contributed by atoms with Gasteiger partial charge in [0, 0.05) is 27.7 Å². The predicted octanol–water partition coefficient (Wildman–Crippen LogP) is 5.62. The Balaban J connectivity index is 1.56. The molecule has 0 fully saturated rings. The Kier molecular flexibility index (Phi) is 3.29. The van der Waals surface area contributed by atoms with E-state index >= 15 is 0 Å². The van der Waals surface area contributed by atoms with Gasteiger partial charge in [0.2, 0.25) is 19.7 Å². The van der Waals surface area contributed by atoms with E-state index in [2.05, 4.69) is 13.8 Å². The average molecular weight is 471 g/mol. The summed E-state index contributed by atoms with van der Waals surface area (Å²) in [5.74, 6) is 0. The van der Waals surface area contributed by atoms with E-state index in [1.54, 1.807) is 36.4 Å². The first-order chi connectivity index (χ1) is 15.6. The van der Waals surface area contributed by atoms with Crippen molar-refractivity contribution in [1.29, 1.82) is 0 Å². The molecule has 3 aliphatic rings. The van der Waals surface area contributed by atoms with Crippen LogP contribution in [-0.2, 0) is 25.1 Å². The van der Waals surface area contributed by atoms with Gasteiger partial charge in [-0.15, -0.1) is 0 Å². The molecule has 2 heterocycles. The molecule has 0 aromatic heterocycles. The maximum absolute atomic E-state index is 13.3. The molecule has 7 rings (SSSR count). The molecular formula is C27H18O4S2. The zero-order valence-electron chi connectivity index (χ0n) is 17.9. The Labute approximate surface area is 192 Å². The molecule has 6 heteroatoms. The van der Waals surface area contributed by atoms with Crippen LogP contribution in [0.25, 0.3) is 33.4 Å². The van der Waals surface area contributed by atoms with Gasteiger partial charge in [-0.2, -0.15) is 0 Å². The van der Waals surface area contributed by atoms with Gasteiger partial charge in [0.15, 0.2) is 0 Å². The Morgan fingerprint density at radius 3 is 1.30 bits per heavy atom. The summed E-state index contributed by atoms with van der Waals surface area (Å²) in [7, 11) is -7.25. The van der Waals surface area contributed by atoms with Gasteiger partial charge in [-0.05, 0) is 58.7 Å². The second-order valence-electron chi connectivity index (χ2n) is 9.41. The smallest absolute Gasteiger partial charge is 0.207 e. The zero-order valence-corrected chi connectivity index (χ0v) is 19.5. The number of rotatable bonds is 0. The van der Waals surface area contributed by atoms with Crippen molar-refractivity contribution < 1.29 is 16.8 Å². The molecule has 0 amide bonds. The van der Waals surface area contributed by atoms with Crippen LogP contribution in [0.4, 0.5) is 0 Å². The molecule has 0 saturated carbocycles. The second-order valence-corrected chi connectivity index (χ2v) is 13.2. The van der Waals surface area contributed by atoms with Gasteiger partial charge in [0.05, 0.1) is 19.6 Å². The summed E-state index contributed by atoms with van der Waals surface area (Å²) in [5.41, 5.74) is 6.08. The number of fused-ring (bicyclic) bond motifs is 9.